The van der Waals surface area contributed by atoms with Crippen LogP contribution < -0.4 is 5.32 Å². The fraction of sp³-hybridized carbons (Fsp3) is 0.700. The Labute approximate surface area is 89.6 Å². The first-order valence-electron chi connectivity index (χ1n) is 5.43. The summed E-state index contributed by atoms with van der Waals surface area (Å²) >= 11 is 0. The van der Waals surface area contributed by atoms with E-state index in [9.17, 15) is 0 Å². The van der Waals surface area contributed by atoms with E-state index in [2.05, 4.69) is 32.9 Å². The van der Waals surface area contributed by atoms with Crippen LogP contribution in [0.2, 0.25) is 0 Å². The molecular weight excluding hydrogens is 190 g/mol. The predicted molar refractivity (Wildman–Crippen MR) is 57.0 cm³/mol. The van der Waals surface area contributed by atoms with Crippen molar-refractivity contribution in [2.45, 2.75) is 25.8 Å². The first-order valence-corrected chi connectivity index (χ1v) is 5.43. The maximum absolute atomic E-state index is 4.11. The molecule has 1 aromatic heterocycles. The quantitative estimate of drug-likeness (QED) is 0.737. The summed E-state index contributed by atoms with van der Waals surface area (Å²) in [5.74, 6) is 1.54. The molecule has 2 rings (SSSR count). The second-order valence-electron chi connectivity index (χ2n) is 3.98. The average molecular weight is 207 g/mol. The lowest BCUT2D eigenvalue weighted by Crippen LogP contribution is -2.23. The molecule has 0 fully saturated rings. The number of rotatable bonds is 4. The molecule has 5 heteroatoms. The van der Waals surface area contributed by atoms with E-state index in [0.717, 1.165) is 18.3 Å². The smallest absolute Gasteiger partial charge is 0.188 e. The topological polar surface area (TPSA) is 55.6 Å². The van der Waals surface area contributed by atoms with Crippen LogP contribution in [-0.2, 0) is 13.6 Å². The molecule has 1 N–H and O–H groups in total. The van der Waals surface area contributed by atoms with Gasteiger partial charge in [-0.3, -0.25) is 0 Å². The van der Waals surface area contributed by atoms with Crippen LogP contribution >= 0.6 is 0 Å². The molecule has 1 unspecified atom stereocenters. The van der Waals surface area contributed by atoms with Crippen molar-refractivity contribution in [2.24, 2.45) is 13.0 Å². The van der Waals surface area contributed by atoms with E-state index in [1.165, 1.54) is 24.1 Å². The van der Waals surface area contributed by atoms with Gasteiger partial charge in [-0.2, -0.15) is 4.80 Å². The summed E-state index contributed by atoms with van der Waals surface area (Å²) < 4.78 is 0. The van der Waals surface area contributed by atoms with Crippen LogP contribution in [0.15, 0.2) is 12.2 Å². The van der Waals surface area contributed by atoms with E-state index >= 15 is 0 Å². The van der Waals surface area contributed by atoms with Crippen LogP contribution in [0.25, 0.3) is 0 Å². The number of nitrogens with zero attached hydrogens (tertiary/aromatic N) is 4. The maximum atomic E-state index is 4.11. The lowest BCUT2D eigenvalue weighted by molar-refractivity contribution is 0.437. The van der Waals surface area contributed by atoms with Crippen LogP contribution in [0.4, 0.5) is 0 Å². The first kappa shape index (κ1) is 10.3. The van der Waals surface area contributed by atoms with Crippen molar-refractivity contribution in [3.8, 4) is 0 Å². The van der Waals surface area contributed by atoms with E-state index in [1.54, 1.807) is 7.05 Å². The molecule has 0 saturated carbocycles. The second-order valence-corrected chi connectivity index (χ2v) is 3.98. The molecule has 15 heavy (non-hydrogen) atoms. The standard InChI is InChI=1S/C10H17N5/c1-15-13-10(12-14-15)8-11-7-9-5-3-2-4-6-9/h2-3,9,11H,4-8H2,1H3. The lowest BCUT2D eigenvalue weighted by atomic mass is 9.94. The molecular formula is C10H17N5. The zero-order chi connectivity index (χ0) is 10.5. The molecule has 0 spiro atoms. The SMILES string of the molecule is Cn1nnc(CNCC2CC=CCC2)n1. The molecule has 5 nitrogen and oxygen atoms in total. The van der Waals surface area contributed by atoms with E-state index in [0.29, 0.717) is 6.54 Å². The third kappa shape index (κ3) is 3.13. The molecule has 1 heterocycles. The highest BCUT2D eigenvalue weighted by Crippen LogP contribution is 2.16. The lowest BCUT2D eigenvalue weighted by Gasteiger charge is -2.17. The van der Waals surface area contributed by atoms with Crippen LogP contribution in [0.5, 0.6) is 0 Å². The van der Waals surface area contributed by atoms with Gasteiger partial charge in [0.25, 0.3) is 0 Å². The van der Waals surface area contributed by atoms with Gasteiger partial charge in [0.2, 0.25) is 0 Å². The number of nitrogens with one attached hydrogen (secondary N) is 1. The summed E-state index contributed by atoms with van der Waals surface area (Å²) in [7, 11) is 1.78. The number of tetrazole rings is 1. The van der Waals surface area contributed by atoms with Gasteiger partial charge in [0.05, 0.1) is 13.6 Å². The summed E-state index contributed by atoms with van der Waals surface area (Å²) in [6, 6.07) is 0. The Hall–Kier alpha value is -1.23. The van der Waals surface area contributed by atoms with E-state index < -0.39 is 0 Å². The Morgan fingerprint density at radius 2 is 2.47 bits per heavy atom. The number of aromatic nitrogens is 4. The molecule has 82 valence electrons. The fourth-order valence-electron chi connectivity index (χ4n) is 1.82. The summed E-state index contributed by atoms with van der Waals surface area (Å²) in [6.45, 7) is 1.76. The van der Waals surface area contributed by atoms with Crippen molar-refractivity contribution >= 4 is 0 Å². The molecule has 1 aliphatic rings. The zero-order valence-electron chi connectivity index (χ0n) is 9.06. The number of hydrogen-bond acceptors (Lipinski definition) is 4. The van der Waals surface area contributed by atoms with Crippen LogP contribution in [0.3, 0.4) is 0 Å². The van der Waals surface area contributed by atoms with Gasteiger partial charge in [-0.15, -0.1) is 10.2 Å². The van der Waals surface area contributed by atoms with Crippen molar-refractivity contribution in [1.82, 2.24) is 25.5 Å². The van der Waals surface area contributed by atoms with Crippen molar-refractivity contribution in [1.29, 1.82) is 0 Å². The number of hydrogen-bond donors (Lipinski definition) is 1. The fourth-order valence-corrected chi connectivity index (χ4v) is 1.82. The summed E-state index contributed by atoms with van der Waals surface area (Å²) in [4.78, 5) is 1.49. The molecule has 1 aromatic rings. The van der Waals surface area contributed by atoms with Crippen molar-refractivity contribution < 1.29 is 0 Å². The number of allylic oxidation sites excluding steroid dienone is 2. The van der Waals surface area contributed by atoms with E-state index in [1.807, 2.05) is 0 Å². The average Bonchev–Trinajstić information content (AvgIpc) is 2.66. The van der Waals surface area contributed by atoms with Crippen LogP contribution in [0.1, 0.15) is 25.1 Å². The molecule has 0 aliphatic heterocycles. The van der Waals surface area contributed by atoms with Crippen LogP contribution in [-0.4, -0.2) is 26.8 Å². The van der Waals surface area contributed by atoms with Crippen molar-refractivity contribution in [3.63, 3.8) is 0 Å². The zero-order valence-corrected chi connectivity index (χ0v) is 9.06. The Morgan fingerprint density at radius 3 is 3.13 bits per heavy atom. The highest BCUT2D eigenvalue weighted by molar-refractivity contribution is 4.90. The molecule has 0 radical (unpaired) electrons. The minimum absolute atomic E-state index is 0.716. The third-order valence-electron chi connectivity index (χ3n) is 2.64. The monoisotopic (exact) mass is 207 g/mol. The van der Waals surface area contributed by atoms with Crippen molar-refractivity contribution in [3.05, 3.63) is 18.0 Å². The summed E-state index contributed by atoms with van der Waals surface area (Å²) in [5.41, 5.74) is 0. The van der Waals surface area contributed by atoms with E-state index in [4.69, 9.17) is 0 Å². The van der Waals surface area contributed by atoms with Crippen molar-refractivity contribution in [2.75, 3.05) is 6.54 Å². The molecule has 0 bridgehead atoms. The molecule has 1 aliphatic carbocycles. The normalized spacial score (nSPS) is 20.7. The Balaban J connectivity index is 1.68. The molecule has 0 aromatic carbocycles. The Morgan fingerprint density at radius 1 is 1.53 bits per heavy atom. The van der Waals surface area contributed by atoms with Gasteiger partial charge >= 0.3 is 0 Å². The Kier molecular flexibility index (Phi) is 3.45. The second kappa shape index (κ2) is 5.02. The highest BCUT2D eigenvalue weighted by atomic mass is 15.6. The first-order chi connectivity index (χ1) is 7.34. The van der Waals surface area contributed by atoms with Gasteiger partial charge in [0.15, 0.2) is 5.82 Å². The number of aryl methyl sites for hydroxylation is 1. The van der Waals surface area contributed by atoms with Crippen LogP contribution in [0, 0.1) is 5.92 Å². The largest absolute Gasteiger partial charge is 0.309 e. The highest BCUT2D eigenvalue weighted by Gasteiger charge is 2.09. The van der Waals surface area contributed by atoms with Gasteiger partial charge in [0.1, 0.15) is 0 Å². The summed E-state index contributed by atoms with van der Waals surface area (Å²) in [5, 5.41) is 15.2. The van der Waals surface area contributed by atoms with Gasteiger partial charge in [-0.1, -0.05) is 12.2 Å². The molecule has 1 atom stereocenters. The van der Waals surface area contributed by atoms with E-state index in [-0.39, 0.29) is 0 Å². The third-order valence-corrected chi connectivity index (χ3v) is 2.64. The molecule has 0 saturated heterocycles. The van der Waals surface area contributed by atoms with Gasteiger partial charge in [0, 0.05) is 0 Å². The Bertz CT molecular complexity index is 330. The maximum Gasteiger partial charge on any atom is 0.188 e. The minimum Gasteiger partial charge on any atom is -0.309 e. The van der Waals surface area contributed by atoms with Gasteiger partial charge < -0.3 is 5.32 Å². The molecule has 0 amide bonds. The predicted octanol–water partition coefficient (Wildman–Crippen LogP) is 0.656. The van der Waals surface area contributed by atoms with Gasteiger partial charge in [-0.05, 0) is 36.9 Å². The van der Waals surface area contributed by atoms with Gasteiger partial charge in [-0.25, -0.2) is 0 Å². The minimum atomic E-state index is 0.716. The summed E-state index contributed by atoms with van der Waals surface area (Å²) in [6.07, 6.45) is 8.24.